The SMILES string of the molecule is CC(C)(CC(=O)OCc1cccc2c1Cc1ccccc1-2)OC=O. The highest BCUT2D eigenvalue weighted by atomic mass is 16.6. The first kappa shape index (κ1) is 16.2. The Morgan fingerprint density at radius 3 is 2.67 bits per heavy atom. The molecular weight excluding hydrogens is 304 g/mol. The second-order valence-corrected chi connectivity index (χ2v) is 6.59. The number of rotatable bonds is 6. The van der Waals surface area contributed by atoms with Gasteiger partial charge in [-0.1, -0.05) is 42.5 Å². The molecule has 0 radical (unpaired) electrons. The van der Waals surface area contributed by atoms with E-state index in [2.05, 4.69) is 18.2 Å². The van der Waals surface area contributed by atoms with Gasteiger partial charge in [0.2, 0.25) is 0 Å². The Labute approximate surface area is 141 Å². The second-order valence-electron chi connectivity index (χ2n) is 6.59. The fraction of sp³-hybridized carbons (Fsp3) is 0.300. The molecule has 24 heavy (non-hydrogen) atoms. The third-order valence-corrected chi connectivity index (χ3v) is 4.27. The van der Waals surface area contributed by atoms with Crippen molar-refractivity contribution in [2.24, 2.45) is 0 Å². The van der Waals surface area contributed by atoms with E-state index in [1.165, 1.54) is 22.3 Å². The monoisotopic (exact) mass is 324 g/mol. The Bertz CT molecular complexity index is 777. The molecule has 0 aromatic heterocycles. The summed E-state index contributed by atoms with van der Waals surface area (Å²) < 4.78 is 10.3. The van der Waals surface area contributed by atoms with Crippen LogP contribution < -0.4 is 0 Å². The highest BCUT2D eigenvalue weighted by molar-refractivity contribution is 5.78. The van der Waals surface area contributed by atoms with Gasteiger partial charge in [0.05, 0.1) is 6.42 Å². The van der Waals surface area contributed by atoms with Gasteiger partial charge >= 0.3 is 5.97 Å². The van der Waals surface area contributed by atoms with Crippen LogP contribution in [0.2, 0.25) is 0 Å². The van der Waals surface area contributed by atoms with Crippen molar-refractivity contribution in [1.29, 1.82) is 0 Å². The largest absolute Gasteiger partial charge is 0.461 e. The van der Waals surface area contributed by atoms with Crippen LogP contribution in [0.5, 0.6) is 0 Å². The minimum Gasteiger partial charge on any atom is -0.461 e. The molecule has 0 N–H and O–H groups in total. The van der Waals surface area contributed by atoms with Crippen molar-refractivity contribution >= 4 is 12.4 Å². The number of esters is 1. The topological polar surface area (TPSA) is 52.6 Å². The Kier molecular flexibility index (Phi) is 4.38. The molecule has 2 aromatic carbocycles. The summed E-state index contributed by atoms with van der Waals surface area (Å²) in [5, 5.41) is 0. The van der Waals surface area contributed by atoms with Gasteiger partial charge in [0, 0.05) is 0 Å². The lowest BCUT2D eigenvalue weighted by Gasteiger charge is -2.21. The van der Waals surface area contributed by atoms with Gasteiger partial charge in [-0.25, -0.2) is 0 Å². The molecule has 2 aromatic rings. The fourth-order valence-corrected chi connectivity index (χ4v) is 3.09. The van der Waals surface area contributed by atoms with Crippen LogP contribution in [-0.2, 0) is 32.1 Å². The lowest BCUT2D eigenvalue weighted by atomic mass is 10.0. The molecule has 4 heteroatoms. The zero-order valence-corrected chi connectivity index (χ0v) is 13.9. The maximum atomic E-state index is 12.0. The van der Waals surface area contributed by atoms with Crippen molar-refractivity contribution in [2.75, 3.05) is 0 Å². The van der Waals surface area contributed by atoms with Crippen LogP contribution in [0.3, 0.4) is 0 Å². The molecular formula is C20H20O4. The van der Waals surface area contributed by atoms with E-state index >= 15 is 0 Å². The first-order valence-electron chi connectivity index (χ1n) is 7.96. The predicted molar refractivity (Wildman–Crippen MR) is 90.3 cm³/mol. The molecule has 1 aliphatic carbocycles. The van der Waals surface area contributed by atoms with Crippen molar-refractivity contribution in [3.05, 3.63) is 59.2 Å². The first-order chi connectivity index (χ1) is 11.5. The van der Waals surface area contributed by atoms with Crippen molar-refractivity contribution in [3.8, 4) is 11.1 Å². The van der Waals surface area contributed by atoms with Crippen molar-refractivity contribution in [3.63, 3.8) is 0 Å². The van der Waals surface area contributed by atoms with Gasteiger partial charge in [-0.2, -0.15) is 0 Å². The van der Waals surface area contributed by atoms with E-state index in [-0.39, 0.29) is 19.0 Å². The molecule has 0 saturated carbocycles. The van der Waals surface area contributed by atoms with Crippen LogP contribution >= 0.6 is 0 Å². The van der Waals surface area contributed by atoms with Crippen molar-refractivity contribution in [2.45, 2.75) is 38.9 Å². The average Bonchev–Trinajstić information content (AvgIpc) is 2.91. The van der Waals surface area contributed by atoms with E-state index < -0.39 is 5.60 Å². The van der Waals surface area contributed by atoms with Gasteiger partial charge in [-0.15, -0.1) is 0 Å². The van der Waals surface area contributed by atoms with Gasteiger partial charge in [0.15, 0.2) is 0 Å². The number of hydrogen-bond acceptors (Lipinski definition) is 4. The van der Waals surface area contributed by atoms with Gasteiger partial charge in [0.25, 0.3) is 6.47 Å². The zero-order valence-electron chi connectivity index (χ0n) is 13.9. The number of benzene rings is 2. The lowest BCUT2D eigenvalue weighted by Crippen LogP contribution is -2.28. The van der Waals surface area contributed by atoms with Gasteiger partial charge in [-0.3, -0.25) is 9.59 Å². The number of fused-ring (bicyclic) bond motifs is 3. The van der Waals surface area contributed by atoms with E-state index in [0.717, 1.165) is 12.0 Å². The molecule has 0 spiro atoms. The normalized spacial score (nSPS) is 12.2. The smallest absolute Gasteiger partial charge is 0.310 e. The fourth-order valence-electron chi connectivity index (χ4n) is 3.09. The van der Waals surface area contributed by atoms with Crippen LogP contribution in [-0.4, -0.2) is 18.0 Å². The van der Waals surface area contributed by atoms with Crippen LogP contribution in [0, 0.1) is 0 Å². The Balaban J connectivity index is 1.70. The summed E-state index contributed by atoms with van der Waals surface area (Å²) in [6, 6.07) is 14.4. The van der Waals surface area contributed by atoms with Gasteiger partial charge < -0.3 is 9.47 Å². The van der Waals surface area contributed by atoms with Crippen LogP contribution in [0.1, 0.15) is 37.0 Å². The van der Waals surface area contributed by atoms with E-state index in [4.69, 9.17) is 9.47 Å². The quantitative estimate of drug-likeness (QED) is 0.513. The summed E-state index contributed by atoms with van der Waals surface area (Å²) in [5.41, 5.74) is 5.14. The average molecular weight is 324 g/mol. The van der Waals surface area contributed by atoms with Gasteiger partial charge in [0.1, 0.15) is 12.2 Å². The third-order valence-electron chi connectivity index (χ3n) is 4.27. The molecule has 124 valence electrons. The summed E-state index contributed by atoms with van der Waals surface area (Å²) in [7, 11) is 0. The summed E-state index contributed by atoms with van der Waals surface area (Å²) >= 11 is 0. The van der Waals surface area contributed by atoms with Crippen molar-refractivity contribution < 1.29 is 19.1 Å². The summed E-state index contributed by atoms with van der Waals surface area (Å²) in [5.74, 6) is -0.380. The highest BCUT2D eigenvalue weighted by Crippen LogP contribution is 2.38. The zero-order chi connectivity index (χ0) is 17.2. The Morgan fingerprint density at radius 1 is 1.12 bits per heavy atom. The minimum atomic E-state index is -0.853. The molecule has 0 fully saturated rings. The van der Waals surface area contributed by atoms with Crippen LogP contribution in [0.15, 0.2) is 42.5 Å². The first-order valence-corrected chi connectivity index (χ1v) is 7.96. The Hall–Kier alpha value is -2.62. The standard InChI is InChI=1S/C20H20O4/c1-20(2,24-13-21)11-19(22)23-12-15-7-5-9-17-16-8-4-3-6-14(16)10-18(15)17/h3-9,13H,10-12H2,1-2H3. The van der Waals surface area contributed by atoms with E-state index in [1.807, 2.05) is 24.3 Å². The molecule has 3 rings (SSSR count). The summed E-state index contributed by atoms with van der Waals surface area (Å²) in [4.78, 5) is 22.4. The molecule has 0 amide bonds. The van der Waals surface area contributed by atoms with Gasteiger partial charge in [-0.05, 0) is 48.1 Å². The molecule has 0 aliphatic heterocycles. The molecule has 0 atom stereocenters. The van der Waals surface area contributed by atoms with E-state index in [1.54, 1.807) is 13.8 Å². The maximum Gasteiger partial charge on any atom is 0.310 e. The van der Waals surface area contributed by atoms with Crippen LogP contribution in [0.25, 0.3) is 11.1 Å². The summed E-state index contributed by atoms with van der Waals surface area (Å²) in [6.45, 7) is 3.95. The lowest BCUT2D eigenvalue weighted by molar-refractivity contribution is -0.155. The predicted octanol–water partition coefficient (Wildman–Crippen LogP) is 3.64. The molecule has 0 unspecified atom stereocenters. The number of carbonyl (C=O) groups excluding carboxylic acids is 2. The molecule has 1 aliphatic rings. The Morgan fingerprint density at radius 2 is 1.88 bits per heavy atom. The second kappa shape index (κ2) is 6.48. The minimum absolute atomic E-state index is 0.0288. The highest BCUT2D eigenvalue weighted by Gasteiger charge is 2.25. The number of ether oxygens (including phenoxy) is 2. The number of hydrogen-bond donors (Lipinski definition) is 0. The summed E-state index contributed by atoms with van der Waals surface area (Å²) in [6.07, 6.45) is 0.889. The molecule has 4 nitrogen and oxygen atoms in total. The molecule has 0 bridgehead atoms. The van der Waals surface area contributed by atoms with E-state index in [9.17, 15) is 9.59 Å². The molecule has 0 heterocycles. The van der Waals surface area contributed by atoms with Crippen LogP contribution in [0.4, 0.5) is 0 Å². The molecule has 0 saturated heterocycles. The van der Waals surface area contributed by atoms with E-state index in [0.29, 0.717) is 6.47 Å². The maximum absolute atomic E-state index is 12.0. The van der Waals surface area contributed by atoms with Crippen molar-refractivity contribution in [1.82, 2.24) is 0 Å². The third kappa shape index (κ3) is 3.32. The number of carbonyl (C=O) groups is 2.